The van der Waals surface area contributed by atoms with Crippen LogP contribution in [0.15, 0.2) is 65.6 Å². The second-order valence-corrected chi connectivity index (χ2v) is 12.5. The van der Waals surface area contributed by atoms with Crippen LogP contribution in [-0.2, 0) is 22.4 Å². The minimum Gasteiger partial charge on any atom is -0.291 e. The molecule has 2 aliphatic carbocycles. The number of carbonyl (C=O) groups is 1. The average molecular weight is 623 g/mol. The Morgan fingerprint density at radius 1 is 1.02 bits per heavy atom. The van der Waals surface area contributed by atoms with Crippen molar-refractivity contribution in [3.63, 3.8) is 0 Å². The van der Waals surface area contributed by atoms with Crippen LogP contribution >= 0.6 is 0 Å². The van der Waals surface area contributed by atoms with Crippen molar-refractivity contribution in [3.05, 3.63) is 88.9 Å². The number of alkyl halides is 5. The molecular weight excluding hydrogens is 602 g/mol. The Morgan fingerprint density at radius 3 is 2.40 bits per heavy atom. The van der Waals surface area contributed by atoms with E-state index in [9.17, 15) is 39.6 Å². The summed E-state index contributed by atoms with van der Waals surface area (Å²) in [6.45, 7) is -3.17. The molecule has 1 fully saturated rings. The van der Waals surface area contributed by atoms with E-state index in [1.807, 2.05) is 0 Å². The topological polar surface area (TPSA) is 113 Å². The first-order valence-corrected chi connectivity index (χ1v) is 14.4. The largest absolute Gasteiger partial charge is 0.417 e. The summed E-state index contributed by atoms with van der Waals surface area (Å²) >= 11 is 0. The molecule has 16 heteroatoms. The van der Waals surface area contributed by atoms with Gasteiger partial charge in [0, 0.05) is 6.20 Å². The number of sulfone groups is 1. The highest BCUT2D eigenvalue weighted by Gasteiger charge is 2.52. The van der Waals surface area contributed by atoms with Crippen LogP contribution in [-0.4, -0.2) is 49.2 Å². The van der Waals surface area contributed by atoms with E-state index < -0.39 is 55.4 Å². The molecule has 0 N–H and O–H groups in total. The number of hydrogen-bond acceptors (Lipinski definition) is 7. The van der Waals surface area contributed by atoms with E-state index in [-0.39, 0.29) is 36.2 Å². The number of benzene rings is 1. The molecule has 0 unspecified atom stereocenters. The average Bonchev–Trinajstić information content (AvgIpc) is 3.64. The molecule has 0 spiro atoms. The van der Waals surface area contributed by atoms with Crippen molar-refractivity contribution in [1.29, 1.82) is 0 Å². The third-order valence-electron chi connectivity index (χ3n) is 7.84. The molecule has 3 heterocycles. The number of aromatic nitrogens is 6. The van der Waals surface area contributed by atoms with Gasteiger partial charge >= 0.3 is 12.7 Å². The van der Waals surface area contributed by atoms with E-state index in [2.05, 4.69) is 20.3 Å². The van der Waals surface area contributed by atoms with Crippen LogP contribution in [0.25, 0.3) is 11.8 Å². The maximum Gasteiger partial charge on any atom is 0.417 e. The first-order valence-electron chi connectivity index (χ1n) is 12.9. The first kappa shape index (κ1) is 28.8. The molecule has 6 rings (SSSR count). The lowest BCUT2D eigenvalue weighted by Gasteiger charge is -2.43. The molecule has 43 heavy (non-hydrogen) atoms. The van der Waals surface area contributed by atoms with Gasteiger partial charge in [0.2, 0.25) is 9.84 Å². The molecule has 224 valence electrons. The van der Waals surface area contributed by atoms with E-state index in [4.69, 9.17) is 0 Å². The van der Waals surface area contributed by atoms with E-state index >= 15 is 0 Å². The molecular formula is C27H20F6N6O3S. The number of hydrogen-bond donors (Lipinski definition) is 0. The van der Waals surface area contributed by atoms with E-state index in [1.54, 1.807) is 6.08 Å². The van der Waals surface area contributed by atoms with Crippen molar-refractivity contribution < 1.29 is 39.6 Å². The normalized spacial score (nSPS) is 20.4. The minimum absolute atomic E-state index is 0.00515. The first-order chi connectivity index (χ1) is 20.3. The van der Waals surface area contributed by atoms with Crippen LogP contribution in [0.5, 0.6) is 0 Å². The number of carbonyl (C=O) groups excluding carboxylic acids is 1. The third kappa shape index (κ3) is 4.92. The number of allylic oxidation sites excluding steroid dienone is 1. The fourth-order valence-corrected chi connectivity index (χ4v) is 7.38. The molecule has 0 aliphatic heterocycles. The van der Waals surface area contributed by atoms with Gasteiger partial charge in [-0.25, -0.2) is 17.5 Å². The Hall–Kier alpha value is -4.34. The van der Waals surface area contributed by atoms with Gasteiger partial charge in [-0.05, 0) is 73.7 Å². The molecule has 0 bridgehead atoms. The second kappa shape index (κ2) is 10.1. The fourth-order valence-electron chi connectivity index (χ4n) is 5.71. The number of nitrogens with zero attached hydrogens (tertiary/aromatic N) is 6. The lowest BCUT2D eigenvalue weighted by Crippen LogP contribution is -2.46. The molecule has 1 aromatic carbocycles. The highest BCUT2D eigenvalue weighted by molar-refractivity contribution is 7.92. The zero-order valence-corrected chi connectivity index (χ0v) is 22.7. The monoisotopic (exact) mass is 622 g/mol. The Morgan fingerprint density at radius 2 is 1.77 bits per heavy atom. The van der Waals surface area contributed by atoms with Gasteiger partial charge in [0.1, 0.15) is 11.5 Å². The number of halogens is 6. The number of pyridine rings is 1. The molecule has 4 aromatic rings. The zero-order chi connectivity index (χ0) is 30.7. The zero-order valence-electron chi connectivity index (χ0n) is 21.8. The number of fused-ring (bicyclic) bond motifs is 2. The molecule has 9 nitrogen and oxygen atoms in total. The molecule has 2 aliphatic rings. The van der Waals surface area contributed by atoms with Crippen molar-refractivity contribution in [1.82, 2.24) is 29.8 Å². The lowest BCUT2D eigenvalue weighted by atomic mass is 9.61. The highest BCUT2D eigenvalue weighted by Crippen LogP contribution is 2.51. The molecule has 0 saturated heterocycles. The smallest absolute Gasteiger partial charge is 0.291 e. The molecule has 0 amide bonds. The fraction of sp³-hybridized carbons (Fsp3) is 0.296. The van der Waals surface area contributed by atoms with Gasteiger partial charge in [-0.15, -0.1) is 9.90 Å². The van der Waals surface area contributed by atoms with E-state index in [1.165, 1.54) is 35.1 Å². The van der Waals surface area contributed by atoms with Crippen LogP contribution in [0.3, 0.4) is 0 Å². The Labute approximate surface area is 239 Å². The van der Waals surface area contributed by atoms with Crippen molar-refractivity contribution in [2.45, 2.75) is 48.7 Å². The predicted octanol–water partition coefficient (Wildman–Crippen LogP) is 5.25. The van der Waals surface area contributed by atoms with E-state index in [0.29, 0.717) is 34.9 Å². The minimum atomic E-state index is -4.69. The number of ketones is 1. The van der Waals surface area contributed by atoms with Crippen LogP contribution in [0.2, 0.25) is 0 Å². The summed E-state index contributed by atoms with van der Waals surface area (Å²) < 4.78 is 108. The number of rotatable bonds is 6. The summed E-state index contributed by atoms with van der Waals surface area (Å²) in [5.74, 6) is -1.14. The van der Waals surface area contributed by atoms with Crippen molar-refractivity contribution in [2.24, 2.45) is 5.41 Å². The number of Topliss-reactive ketones (excluding diaryl/α,β-unsaturated/α-hetero) is 1. The summed E-state index contributed by atoms with van der Waals surface area (Å²) in [6, 6.07) is 7.20. The van der Waals surface area contributed by atoms with Gasteiger partial charge in [0.15, 0.2) is 10.8 Å². The maximum atomic E-state index is 14.2. The summed E-state index contributed by atoms with van der Waals surface area (Å²) in [4.78, 5) is 17.9. The summed E-state index contributed by atoms with van der Waals surface area (Å²) in [5, 5.41) is 9.17. The third-order valence-corrected chi connectivity index (χ3v) is 9.89. The van der Waals surface area contributed by atoms with Gasteiger partial charge in [-0.2, -0.15) is 32.1 Å². The summed E-state index contributed by atoms with van der Waals surface area (Å²) in [6.07, 6.45) is -0.568. The van der Waals surface area contributed by atoms with Crippen LogP contribution in [0.4, 0.5) is 26.3 Å². The molecule has 1 saturated carbocycles. The van der Waals surface area contributed by atoms with Crippen molar-refractivity contribution in [3.8, 4) is 5.69 Å². The van der Waals surface area contributed by atoms with Gasteiger partial charge < -0.3 is 0 Å². The highest BCUT2D eigenvalue weighted by atomic mass is 32.2. The van der Waals surface area contributed by atoms with Gasteiger partial charge in [0.05, 0.1) is 40.0 Å². The predicted molar refractivity (Wildman–Crippen MR) is 137 cm³/mol. The van der Waals surface area contributed by atoms with Crippen molar-refractivity contribution >= 4 is 21.7 Å². The van der Waals surface area contributed by atoms with Crippen LogP contribution in [0.1, 0.15) is 53.1 Å². The molecule has 3 aromatic heterocycles. The quantitative estimate of drug-likeness (QED) is 0.213. The summed E-state index contributed by atoms with van der Waals surface area (Å²) in [5.41, 5.74) is -0.753. The van der Waals surface area contributed by atoms with Gasteiger partial charge in [0.25, 0.3) is 0 Å². The van der Waals surface area contributed by atoms with Gasteiger partial charge in [-0.3, -0.25) is 9.78 Å². The standard InChI is InChI=1S/C27H20F6N6O3S/c28-18-3-5-19(6-4-18)38-22-9-16-1-7-20(43(41,42)23-14-36-39(37-23)25(29)30)11-26(16,10-15(22)12-35-38)24(40)21-8-2-17(13-34-21)27(31,32)33/h2-6,8-9,12-14,20,25H,1,7,10-11H2/t20-,26-/m0/s1. The van der Waals surface area contributed by atoms with E-state index in [0.717, 1.165) is 12.1 Å². The lowest BCUT2D eigenvalue weighted by molar-refractivity contribution is -0.137. The van der Waals surface area contributed by atoms with Crippen molar-refractivity contribution in [2.75, 3.05) is 0 Å². The Kier molecular flexibility index (Phi) is 6.78. The molecule has 0 radical (unpaired) electrons. The Bertz CT molecular complexity index is 1850. The molecule has 2 atom stereocenters. The van der Waals surface area contributed by atoms with Crippen LogP contribution < -0.4 is 0 Å². The summed E-state index contributed by atoms with van der Waals surface area (Å²) in [7, 11) is -4.36. The SMILES string of the molecule is O=C(c1ccc(C(F)(F)F)cn1)[C@]12Cc3cnn(-c4ccc(F)cc4)c3C=C1CC[C@H](S(=O)(=O)c1cnn(C(F)F)n1)C2. The Balaban J connectivity index is 1.43. The second-order valence-electron chi connectivity index (χ2n) is 10.3. The van der Waals surface area contributed by atoms with Crippen LogP contribution in [0, 0.1) is 11.2 Å². The maximum absolute atomic E-state index is 14.2. The van der Waals surface area contributed by atoms with Gasteiger partial charge in [-0.1, -0.05) is 5.57 Å².